The molecule has 0 atom stereocenters. The number of carbonyl (C=O) groups is 1. The number of methoxy groups -OCH3 is 2. The molecule has 20 heavy (non-hydrogen) atoms. The van der Waals surface area contributed by atoms with Crippen LogP contribution in [0.4, 0.5) is 0 Å². The number of hydrogen-bond donors (Lipinski definition) is 2. The maximum Gasteiger partial charge on any atom is 0.230 e. The second kappa shape index (κ2) is 9.50. The maximum atomic E-state index is 11.5. The predicted molar refractivity (Wildman–Crippen MR) is 80.7 cm³/mol. The van der Waals surface area contributed by atoms with E-state index in [9.17, 15) is 4.79 Å². The topological polar surface area (TPSA) is 67.8 Å². The minimum absolute atomic E-state index is 0.0103. The van der Waals surface area contributed by atoms with Gasteiger partial charge in [-0.05, 0) is 24.1 Å². The Morgan fingerprint density at radius 3 is 2.70 bits per heavy atom. The summed E-state index contributed by atoms with van der Waals surface area (Å²) in [5, 5.41) is 11.5. The van der Waals surface area contributed by atoms with Crippen LogP contribution in [-0.2, 0) is 11.2 Å². The molecule has 0 bridgehead atoms. The summed E-state index contributed by atoms with van der Waals surface area (Å²) < 4.78 is 10.4. The molecule has 0 radical (unpaired) electrons. The number of nitrogens with one attached hydrogen (secondary N) is 1. The van der Waals surface area contributed by atoms with Crippen molar-refractivity contribution in [2.45, 2.75) is 6.42 Å². The van der Waals surface area contributed by atoms with E-state index >= 15 is 0 Å². The molecule has 112 valence electrons. The molecule has 0 aliphatic carbocycles. The average Bonchev–Trinajstić information content (AvgIpc) is 2.47. The molecule has 0 spiro atoms. The van der Waals surface area contributed by atoms with Crippen molar-refractivity contribution in [3.8, 4) is 11.5 Å². The van der Waals surface area contributed by atoms with Crippen molar-refractivity contribution in [3.63, 3.8) is 0 Å². The standard InChI is InChI=1S/C14H21NO4S/c1-18-12-4-3-11(9-13(12)19-2)5-6-15-14(17)10-20-8-7-16/h3-4,9,16H,5-8,10H2,1-2H3,(H,15,17). The smallest absolute Gasteiger partial charge is 0.230 e. The third-order valence-electron chi connectivity index (χ3n) is 2.65. The van der Waals surface area contributed by atoms with Crippen molar-refractivity contribution in [2.75, 3.05) is 38.9 Å². The molecule has 0 aromatic heterocycles. The van der Waals surface area contributed by atoms with Gasteiger partial charge < -0.3 is 19.9 Å². The van der Waals surface area contributed by atoms with E-state index in [2.05, 4.69) is 5.32 Å². The van der Waals surface area contributed by atoms with E-state index in [1.165, 1.54) is 11.8 Å². The van der Waals surface area contributed by atoms with Gasteiger partial charge in [-0.15, -0.1) is 11.8 Å². The van der Waals surface area contributed by atoms with Gasteiger partial charge in [0.25, 0.3) is 0 Å². The fraction of sp³-hybridized carbons (Fsp3) is 0.500. The van der Waals surface area contributed by atoms with Crippen LogP contribution in [0, 0.1) is 0 Å². The summed E-state index contributed by atoms with van der Waals surface area (Å²) >= 11 is 1.42. The number of thioether (sulfide) groups is 1. The predicted octanol–water partition coefficient (Wildman–Crippen LogP) is 1.09. The average molecular weight is 299 g/mol. The molecule has 0 saturated carbocycles. The quantitative estimate of drug-likeness (QED) is 0.668. The molecule has 0 unspecified atom stereocenters. The van der Waals surface area contributed by atoms with Gasteiger partial charge in [-0.25, -0.2) is 0 Å². The van der Waals surface area contributed by atoms with E-state index in [1.807, 2.05) is 18.2 Å². The fourth-order valence-corrected chi connectivity index (χ4v) is 2.22. The number of carbonyl (C=O) groups excluding carboxylic acids is 1. The molecule has 5 nitrogen and oxygen atoms in total. The molecule has 1 amide bonds. The Morgan fingerprint density at radius 1 is 1.30 bits per heavy atom. The number of amides is 1. The lowest BCUT2D eigenvalue weighted by atomic mass is 10.1. The number of rotatable bonds is 9. The summed E-state index contributed by atoms with van der Waals surface area (Å²) in [5.41, 5.74) is 1.07. The van der Waals surface area contributed by atoms with Gasteiger partial charge in [-0.3, -0.25) is 4.79 Å². The first-order valence-electron chi connectivity index (χ1n) is 6.37. The third-order valence-corrected chi connectivity index (χ3v) is 3.59. The number of aliphatic hydroxyl groups excluding tert-OH is 1. The summed E-state index contributed by atoms with van der Waals surface area (Å²) in [4.78, 5) is 11.5. The van der Waals surface area contributed by atoms with Crippen LogP contribution in [0.15, 0.2) is 18.2 Å². The molecule has 1 aromatic carbocycles. The molecule has 1 rings (SSSR count). The van der Waals surface area contributed by atoms with Gasteiger partial charge in [0.1, 0.15) is 0 Å². The molecule has 1 aromatic rings. The van der Waals surface area contributed by atoms with E-state index in [0.717, 1.165) is 12.0 Å². The Labute approximate surface area is 123 Å². The van der Waals surface area contributed by atoms with Crippen LogP contribution in [0.1, 0.15) is 5.56 Å². The highest BCUT2D eigenvalue weighted by Gasteiger charge is 2.05. The molecular formula is C14H21NO4S. The Kier molecular flexibility index (Phi) is 7.91. The molecular weight excluding hydrogens is 278 g/mol. The van der Waals surface area contributed by atoms with Crippen LogP contribution in [0.5, 0.6) is 11.5 Å². The largest absolute Gasteiger partial charge is 0.493 e. The summed E-state index contributed by atoms with van der Waals surface area (Å²) in [6.45, 7) is 0.678. The highest BCUT2D eigenvalue weighted by molar-refractivity contribution is 7.99. The van der Waals surface area contributed by atoms with Crippen molar-refractivity contribution in [3.05, 3.63) is 23.8 Å². The zero-order valence-corrected chi connectivity index (χ0v) is 12.7. The molecule has 0 heterocycles. The SMILES string of the molecule is COc1ccc(CCNC(=O)CSCCO)cc1OC. The lowest BCUT2D eigenvalue weighted by molar-refractivity contribution is -0.118. The van der Waals surface area contributed by atoms with E-state index in [4.69, 9.17) is 14.6 Å². The minimum atomic E-state index is -0.0103. The zero-order chi connectivity index (χ0) is 14.8. The van der Waals surface area contributed by atoms with Crippen LogP contribution < -0.4 is 14.8 Å². The Bertz CT molecular complexity index is 426. The Balaban J connectivity index is 2.36. The number of hydrogen-bond acceptors (Lipinski definition) is 5. The van der Waals surface area contributed by atoms with Gasteiger partial charge in [0.15, 0.2) is 11.5 Å². The van der Waals surface area contributed by atoms with Gasteiger partial charge in [0.2, 0.25) is 5.91 Å². The second-order valence-electron chi connectivity index (χ2n) is 4.07. The Hall–Kier alpha value is -1.40. The molecule has 0 fully saturated rings. The van der Waals surface area contributed by atoms with Crippen molar-refractivity contribution in [1.29, 1.82) is 0 Å². The molecule has 6 heteroatoms. The molecule has 0 saturated heterocycles. The highest BCUT2D eigenvalue weighted by Crippen LogP contribution is 2.27. The van der Waals surface area contributed by atoms with E-state index in [-0.39, 0.29) is 12.5 Å². The molecule has 2 N–H and O–H groups in total. The van der Waals surface area contributed by atoms with Crippen LogP contribution in [0.2, 0.25) is 0 Å². The second-order valence-corrected chi connectivity index (χ2v) is 5.17. The number of benzene rings is 1. The van der Waals surface area contributed by atoms with E-state index in [1.54, 1.807) is 14.2 Å². The van der Waals surface area contributed by atoms with Crippen LogP contribution >= 0.6 is 11.8 Å². The van der Waals surface area contributed by atoms with Gasteiger partial charge >= 0.3 is 0 Å². The van der Waals surface area contributed by atoms with Gasteiger partial charge in [-0.2, -0.15) is 0 Å². The first kappa shape index (κ1) is 16.7. The minimum Gasteiger partial charge on any atom is -0.493 e. The number of ether oxygens (including phenoxy) is 2. The van der Waals surface area contributed by atoms with E-state index in [0.29, 0.717) is 29.5 Å². The molecule has 0 aliphatic rings. The van der Waals surface area contributed by atoms with Crippen LogP contribution in [-0.4, -0.2) is 49.9 Å². The highest BCUT2D eigenvalue weighted by atomic mass is 32.2. The zero-order valence-electron chi connectivity index (χ0n) is 11.8. The van der Waals surface area contributed by atoms with Gasteiger partial charge in [0.05, 0.1) is 26.6 Å². The monoisotopic (exact) mass is 299 g/mol. The maximum absolute atomic E-state index is 11.5. The first-order valence-corrected chi connectivity index (χ1v) is 7.53. The summed E-state index contributed by atoms with van der Waals surface area (Å²) in [5.74, 6) is 2.34. The van der Waals surface area contributed by atoms with E-state index < -0.39 is 0 Å². The fourth-order valence-electron chi connectivity index (χ4n) is 1.66. The van der Waals surface area contributed by atoms with Crippen molar-refractivity contribution >= 4 is 17.7 Å². The lowest BCUT2D eigenvalue weighted by Crippen LogP contribution is -2.27. The van der Waals surface area contributed by atoms with Crippen molar-refractivity contribution in [1.82, 2.24) is 5.32 Å². The summed E-state index contributed by atoms with van der Waals surface area (Å²) in [6, 6.07) is 5.71. The van der Waals surface area contributed by atoms with Crippen LogP contribution in [0.25, 0.3) is 0 Å². The van der Waals surface area contributed by atoms with Crippen molar-refractivity contribution in [2.24, 2.45) is 0 Å². The molecule has 0 aliphatic heterocycles. The van der Waals surface area contributed by atoms with Gasteiger partial charge in [0, 0.05) is 12.3 Å². The first-order chi connectivity index (χ1) is 9.71. The summed E-state index contributed by atoms with van der Waals surface area (Å²) in [7, 11) is 3.20. The van der Waals surface area contributed by atoms with Crippen molar-refractivity contribution < 1.29 is 19.4 Å². The third kappa shape index (κ3) is 5.71. The normalized spacial score (nSPS) is 10.2. The van der Waals surface area contributed by atoms with Gasteiger partial charge in [-0.1, -0.05) is 6.07 Å². The Morgan fingerprint density at radius 2 is 2.05 bits per heavy atom. The van der Waals surface area contributed by atoms with Crippen LogP contribution in [0.3, 0.4) is 0 Å². The lowest BCUT2D eigenvalue weighted by Gasteiger charge is -2.10. The number of aliphatic hydroxyl groups is 1. The summed E-state index contributed by atoms with van der Waals surface area (Å²) in [6.07, 6.45) is 0.733.